The molecule has 0 radical (unpaired) electrons. The van der Waals surface area contributed by atoms with Crippen LogP contribution in [0.15, 0.2) is 41.5 Å². The summed E-state index contributed by atoms with van der Waals surface area (Å²) in [6.45, 7) is 5.49. The monoisotopic (exact) mass is 371 g/mol. The number of rotatable bonds is 5. The minimum atomic E-state index is 0.676. The van der Waals surface area contributed by atoms with E-state index >= 15 is 0 Å². The Hall–Kier alpha value is -2.25. The lowest BCUT2D eigenvalue weighted by Gasteiger charge is -2.10. The third-order valence-electron chi connectivity index (χ3n) is 3.63. The molecule has 25 heavy (non-hydrogen) atoms. The van der Waals surface area contributed by atoms with Gasteiger partial charge in [-0.2, -0.15) is 0 Å². The standard InChI is InChI=1S/C18H21N5S2/c1-12-9-20-16(24-12)11-22-18(19-3)21-10-15-13(2)23-17(25-15)14-7-5-4-6-8-14/h4-9H,10-11H2,1-3H3,(H2,19,21,22). The highest BCUT2D eigenvalue weighted by atomic mass is 32.1. The van der Waals surface area contributed by atoms with Crippen molar-refractivity contribution in [3.63, 3.8) is 0 Å². The van der Waals surface area contributed by atoms with Crippen molar-refractivity contribution in [3.05, 3.63) is 57.0 Å². The van der Waals surface area contributed by atoms with E-state index in [0.717, 1.165) is 27.2 Å². The molecule has 3 aromatic rings. The number of nitrogens with zero attached hydrogens (tertiary/aromatic N) is 3. The number of aliphatic imine (C=N–C) groups is 1. The Morgan fingerprint density at radius 3 is 2.52 bits per heavy atom. The molecule has 5 nitrogen and oxygen atoms in total. The first-order valence-electron chi connectivity index (χ1n) is 8.03. The van der Waals surface area contributed by atoms with Crippen LogP contribution in [0.1, 0.15) is 20.5 Å². The van der Waals surface area contributed by atoms with E-state index in [1.165, 1.54) is 9.75 Å². The minimum Gasteiger partial charge on any atom is -0.351 e. The third-order valence-corrected chi connectivity index (χ3v) is 5.75. The maximum atomic E-state index is 4.69. The molecule has 2 heterocycles. The maximum absolute atomic E-state index is 4.69. The second kappa shape index (κ2) is 8.22. The molecule has 0 amide bonds. The maximum Gasteiger partial charge on any atom is 0.191 e. The summed E-state index contributed by atoms with van der Waals surface area (Å²) in [7, 11) is 1.78. The predicted molar refractivity (Wildman–Crippen MR) is 106 cm³/mol. The van der Waals surface area contributed by atoms with Gasteiger partial charge in [-0.05, 0) is 13.8 Å². The number of nitrogens with one attached hydrogen (secondary N) is 2. The molecule has 3 rings (SSSR count). The molecule has 0 atom stereocenters. The van der Waals surface area contributed by atoms with E-state index in [1.54, 1.807) is 29.7 Å². The van der Waals surface area contributed by atoms with E-state index in [-0.39, 0.29) is 0 Å². The lowest BCUT2D eigenvalue weighted by molar-refractivity contribution is 0.807. The van der Waals surface area contributed by atoms with Crippen molar-refractivity contribution in [2.24, 2.45) is 4.99 Å². The first-order chi connectivity index (χ1) is 12.2. The SMILES string of the molecule is CN=C(NCc1ncc(C)s1)NCc1sc(-c2ccccc2)nc1C. The number of thiazole rings is 2. The van der Waals surface area contributed by atoms with Gasteiger partial charge in [0.2, 0.25) is 0 Å². The van der Waals surface area contributed by atoms with Gasteiger partial charge in [-0.15, -0.1) is 22.7 Å². The number of benzene rings is 1. The fourth-order valence-electron chi connectivity index (χ4n) is 2.32. The highest BCUT2D eigenvalue weighted by Crippen LogP contribution is 2.27. The van der Waals surface area contributed by atoms with E-state index in [2.05, 4.69) is 46.6 Å². The van der Waals surface area contributed by atoms with E-state index in [1.807, 2.05) is 24.4 Å². The molecule has 2 aromatic heterocycles. The van der Waals surface area contributed by atoms with Crippen molar-refractivity contribution in [1.29, 1.82) is 0 Å². The van der Waals surface area contributed by atoms with Crippen LogP contribution in [0.5, 0.6) is 0 Å². The lowest BCUT2D eigenvalue weighted by atomic mass is 10.2. The number of aromatic nitrogens is 2. The van der Waals surface area contributed by atoms with Crippen LogP contribution in [0.4, 0.5) is 0 Å². The van der Waals surface area contributed by atoms with Gasteiger partial charge in [0.05, 0.1) is 18.8 Å². The highest BCUT2D eigenvalue weighted by molar-refractivity contribution is 7.15. The van der Waals surface area contributed by atoms with Crippen molar-refractivity contribution in [2.45, 2.75) is 26.9 Å². The van der Waals surface area contributed by atoms with Gasteiger partial charge in [-0.25, -0.2) is 9.97 Å². The van der Waals surface area contributed by atoms with Crippen LogP contribution >= 0.6 is 22.7 Å². The van der Waals surface area contributed by atoms with Crippen LogP contribution in [0.25, 0.3) is 10.6 Å². The molecule has 0 spiro atoms. The summed E-state index contributed by atoms with van der Waals surface area (Å²) in [5, 5.41) is 8.76. The zero-order chi connectivity index (χ0) is 17.6. The van der Waals surface area contributed by atoms with Gasteiger partial charge in [0.15, 0.2) is 5.96 Å². The van der Waals surface area contributed by atoms with Crippen LogP contribution in [-0.4, -0.2) is 23.0 Å². The highest BCUT2D eigenvalue weighted by Gasteiger charge is 2.10. The average molecular weight is 372 g/mol. The van der Waals surface area contributed by atoms with Gasteiger partial charge in [0.1, 0.15) is 10.0 Å². The topological polar surface area (TPSA) is 62.2 Å². The Bertz CT molecular complexity index is 851. The van der Waals surface area contributed by atoms with Crippen LogP contribution in [0.2, 0.25) is 0 Å². The normalized spacial score (nSPS) is 11.6. The zero-order valence-corrected chi connectivity index (χ0v) is 16.2. The van der Waals surface area contributed by atoms with Gasteiger partial charge in [-0.3, -0.25) is 4.99 Å². The quantitative estimate of drug-likeness (QED) is 0.530. The summed E-state index contributed by atoms with van der Waals surface area (Å²) in [6.07, 6.45) is 1.89. The second-order valence-corrected chi connectivity index (χ2v) is 7.94. The van der Waals surface area contributed by atoms with Crippen molar-refractivity contribution < 1.29 is 0 Å². The van der Waals surface area contributed by atoms with Gasteiger partial charge in [-0.1, -0.05) is 30.3 Å². The molecule has 0 aliphatic rings. The summed E-state index contributed by atoms with van der Waals surface area (Å²) in [6, 6.07) is 10.3. The number of aryl methyl sites for hydroxylation is 2. The largest absolute Gasteiger partial charge is 0.351 e. The van der Waals surface area contributed by atoms with Gasteiger partial charge in [0.25, 0.3) is 0 Å². The summed E-state index contributed by atoms with van der Waals surface area (Å²) in [4.78, 5) is 15.8. The van der Waals surface area contributed by atoms with E-state index in [0.29, 0.717) is 13.1 Å². The minimum absolute atomic E-state index is 0.676. The molecule has 0 aliphatic carbocycles. The van der Waals surface area contributed by atoms with Crippen LogP contribution < -0.4 is 10.6 Å². The number of hydrogen-bond donors (Lipinski definition) is 2. The van der Waals surface area contributed by atoms with E-state index in [4.69, 9.17) is 4.98 Å². The first kappa shape index (κ1) is 17.6. The molecule has 0 bridgehead atoms. The van der Waals surface area contributed by atoms with Gasteiger partial charge < -0.3 is 10.6 Å². The molecule has 1 aromatic carbocycles. The molecule has 0 aliphatic heterocycles. The fourth-order valence-corrected chi connectivity index (χ4v) is 4.06. The predicted octanol–water partition coefficient (Wildman–Crippen LogP) is 3.75. The van der Waals surface area contributed by atoms with E-state index in [9.17, 15) is 0 Å². The number of hydrogen-bond acceptors (Lipinski definition) is 5. The fraction of sp³-hybridized carbons (Fsp3) is 0.278. The third kappa shape index (κ3) is 4.64. The molecule has 2 N–H and O–H groups in total. The summed E-state index contributed by atoms with van der Waals surface area (Å²) < 4.78 is 0. The average Bonchev–Trinajstić information content (AvgIpc) is 3.21. The molecule has 130 valence electrons. The molecule has 0 saturated carbocycles. The lowest BCUT2D eigenvalue weighted by Crippen LogP contribution is -2.36. The molecular weight excluding hydrogens is 350 g/mol. The van der Waals surface area contributed by atoms with Crippen LogP contribution in [0, 0.1) is 13.8 Å². The molecule has 0 fully saturated rings. The molecule has 0 saturated heterocycles. The summed E-state index contributed by atoms with van der Waals surface area (Å²) in [5.41, 5.74) is 2.21. The van der Waals surface area contributed by atoms with Gasteiger partial charge >= 0.3 is 0 Å². The van der Waals surface area contributed by atoms with Crippen molar-refractivity contribution in [3.8, 4) is 10.6 Å². The second-order valence-electron chi connectivity index (χ2n) is 5.54. The van der Waals surface area contributed by atoms with E-state index < -0.39 is 0 Å². The number of guanidine groups is 1. The first-order valence-corrected chi connectivity index (χ1v) is 9.66. The smallest absolute Gasteiger partial charge is 0.191 e. The van der Waals surface area contributed by atoms with Crippen molar-refractivity contribution in [1.82, 2.24) is 20.6 Å². The molecule has 0 unspecified atom stereocenters. The van der Waals surface area contributed by atoms with Crippen LogP contribution in [0.3, 0.4) is 0 Å². The Kier molecular flexibility index (Phi) is 5.78. The zero-order valence-electron chi connectivity index (χ0n) is 14.5. The Morgan fingerprint density at radius 2 is 1.84 bits per heavy atom. The Morgan fingerprint density at radius 1 is 1.08 bits per heavy atom. The summed E-state index contributed by atoms with van der Waals surface area (Å²) >= 11 is 3.41. The molecule has 7 heteroatoms. The van der Waals surface area contributed by atoms with Crippen molar-refractivity contribution >= 4 is 28.6 Å². The molecular formula is C18H21N5S2. The van der Waals surface area contributed by atoms with Crippen molar-refractivity contribution in [2.75, 3.05) is 7.05 Å². The van der Waals surface area contributed by atoms with Gasteiger partial charge in [0, 0.05) is 28.6 Å². The van der Waals surface area contributed by atoms with Crippen LogP contribution in [-0.2, 0) is 13.1 Å². The Labute approximate surface area is 155 Å². The summed E-state index contributed by atoms with van der Waals surface area (Å²) in [5.74, 6) is 0.766. The Balaban J connectivity index is 1.59.